The van der Waals surface area contributed by atoms with Gasteiger partial charge in [-0.3, -0.25) is 9.59 Å². The zero-order valence-electron chi connectivity index (χ0n) is 12.3. The predicted molar refractivity (Wildman–Crippen MR) is 75.9 cm³/mol. The van der Waals surface area contributed by atoms with Crippen molar-refractivity contribution in [2.45, 2.75) is 33.7 Å². The summed E-state index contributed by atoms with van der Waals surface area (Å²) in [5.74, 6) is -0.719. The second-order valence-electron chi connectivity index (χ2n) is 5.07. The first kappa shape index (κ1) is 16.0. The Kier molecular flexibility index (Phi) is 5.55. The third kappa shape index (κ3) is 4.57. The van der Waals surface area contributed by atoms with Crippen molar-refractivity contribution in [2.75, 3.05) is 13.2 Å². The first-order chi connectivity index (χ1) is 9.31. The number of nitrogens with zero attached hydrogens (tertiary/aromatic N) is 1. The van der Waals surface area contributed by atoms with Crippen LogP contribution in [0.25, 0.3) is 0 Å². The molecular formula is C15H21NO4. The maximum absolute atomic E-state index is 12.0. The first-order valence-electron chi connectivity index (χ1n) is 6.52. The van der Waals surface area contributed by atoms with Gasteiger partial charge in [-0.15, -0.1) is 0 Å². The molecule has 0 saturated carbocycles. The van der Waals surface area contributed by atoms with Crippen LogP contribution in [0, 0.1) is 13.8 Å². The molecule has 0 aromatic heterocycles. The Bertz CT molecular complexity index is 497. The normalized spacial score (nSPS) is 10.4. The SMILES string of the molecule is Cc1ccc(OCC(=O)N(CC(=O)O)C(C)C)c(C)c1. The second-order valence-corrected chi connectivity index (χ2v) is 5.07. The van der Waals surface area contributed by atoms with Crippen LogP contribution in [0.1, 0.15) is 25.0 Å². The van der Waals surface area contributed by atoms with Gasteiger partial charge in [0, 0.05) is 6.04 Å². The molecule has 0 fully saturated rings. The molecule has 1 aromatic carbocycles. The monoisotopic (exact) mass is 279 g/mol. The third-order valence-electron chi connectivity index (χ3n) is 2.93. The van der Waals surface area contributed by atoms with E-state index in [0.717, 1.165) is 11.1 Å². The topological polar surface area (TPSA) is 66.8 Å². The van der Waals surface area contributed by atoms with Gasteiger partial charge in [-0.2, -0.15) is 0 Å². The van der Waals surface area contributed by atoms with E-state index in [1.54, 1.807) is 13.8 Å². The predicted octanol–water partition coefficient (Wildman–Crippen LogP) is 2.00. The largest absolute Gasteiger partial charge is 0.483 e. The Labute approximate surface area is 119 Å². The van der Waals surface area contributed by atoms with Gasteiger partial charge >= 0.3 is 5.97 Å². The van der Waals surface area contributed by atoms with Crippen LogP contribution in [0.4, 0.5) is 0 Å². The van der Waals surface area contributed by atoms with Gasteiger partial charge < -0.3 is 14.7 Å². The van der Waals surface area contributed by atoms with Crippen LogP contribution in [0.3, 0.4) is 0 Å². The van der Waals surface area contributed by atoms with Crippen molar-refractivity contribution in [1.82, 2.24) is 4.90 Å². The highest BCUT2D eigenvalue weighted by molar-refractivity contribution is 5.82. The highest BCUT2D eigenvalue weighted by atomic mass is 16.5. The van der Waals surface area contributed by atoms with Crippen molar-refractivity contribution in [3.8, 4) is 5.75 Å². The van der Waals surface area contributed by atoms with Gasteiger partial charge in [0.1, 0.15) is 12.3 Å². The summed E-state index contributed by atoms with van der Waals surface area (Å²) in [5, 5.41) is 8.81. The summed E-state index contributed by atoms with van der Waals surface area (Å²) in [6.45, 7) is 6.97. The Morgan fingerprint density at radius 1 is 1.30 bits per heavy atom. The number of carbonyl (C=O) groups is 2. The lowest BCUT2D eigenvalue weighted by atomic mass is 10.1. The molecule has 1 rings (SSSR count). The van der Waals surface area contributed by atoms with Gasteiger partial charge in [-0.1, -0.05) is 17.7 Å². The van der Waals surface area contributed by atoms with Crippen molar-refractivity contribution in [2.24, 2.45) is 0 Å². The molecule has 110 valence electrons. The minimum atomic E-state index is -1.03. The fraction of sp³-hybridized carbons (Fsp3) is 0.467. The Morgan fingerprint density at radius 2 is 1.95 bits per heavy atom. The van der Waals surface area contributed by atoms with Crippen LogP contribution in [-0.2, 0) is 9.59 Å². The van der Waals surface area contributed by atoms with Crippen LogP contribution < -0.4 is 4.74 Å². The molecule has 0 radical (unpaired) electrons. The van der Waals surface area contributed by atoms with Crippen molar-refractivity contribution in [3.63, 3.8) is 0 Å². The summed E-state index contributed by atoms with van der Waals surface area (Å²) in [7, 11) is 0. The number of carboxylic acid groups (broad SMARTS) is 1. The molecule has 20 heavy (non-hydrogen) atoms. The second kappa shape index (κ2) is 6.93. The minimum absolute atomic E-state index is 0.157. The molecular weight excluding hydrogens is 258 g/mol. The average molecular weight is 279 g/mol. The summed E-state index contributed by atoms with van der Waals surface area (Å²) >= 11 is 0. The molecule has 1 aromatic rings. The van der Waals surface area contributed by atoms with E-state index in [-0.39, 0.29) is 25.1 Å². The van der Waals surface area contributed by atoms with Gasteiger partial charge in [0.25, 0.3) is 5.91 Å². The molecule has 0 saturated heterocycles. The Balaban J connectivity index is 2.67. The molecule has 0 heterocycles. The number of benzene rings is 1. The number of carboxylic acids is 1. The lowest BCUT2D eigenvalue weighted by Gasteiger charge is -2.25. The zero-order chi connectivity index (χ0) is 15.3. The fourth-order valence-corrected chi connectivity index (χ4v) is 1.89. The third-order valence-corrected chi connectivity index (χ3v) is 2.93. The van der Waals surface area contributed by atoms with Crippen molar-refractivity contribution < 1.29 is 19.4 Å². The molecule has 1 N–H and O–H groups in total. The van der Waals surface area contributed by atoms with Crippen LogP contribution in [0.15, 0.2) is 18.2 Å². The molecule has 0 aliphatic heterocycles. The molecule has 5 heteroatoms. The molecule has 0 aliphatic rings. The summed E-state index contributed by atoms with van der Waals surface area (Å²) < 4.78 is 5.48. The Morgan fingerprint density at radius 3 is 2.45 bits per heavy atom. The van der Waals surface area contributed by atoms with Gasteiger partial charge in [-0.25, -0.2) is 0 Å². The van der Waals surface area contributed by atoms with E-state index in [0.29, 0.717) is 5.75 Å². The highest BCUT2D eigenvalue weighted by Crippen LogP contribution is 2.18. The smallest absolute Gasteiger partial charge is 0.323 e. The van der Waals surface area contributed by atoms with E-state index < -0.39 is 5.97 Å². The first-order valence-corrected chi connectivity index (χ1v) is 6.52. The quantitative estimate of drug-likeness (QED) is 0.865. The number of rotatable bonds is 6. The van der Waals surface area contributed by atoms with Gasteiger partial charge in [0.15, 0.2) is 6.61 Å². The number of amides is 1. The van der Waals surface area contributed by atoms with E-state index in [1.807, 2.05) is 32.0 Å². The van der Waals surface area contributed by atoms with Gasteiger partial charge in [0.05, 0.1) is 0 Å². The number of aryl methyl sites for hydroxylation is 2. The summed E-state index contributed by atoms with van der Waals surface area (Å²) in [6.07, 6.45) is 0. The minimum Gasteiger partial charge on any atom is -0.483 e. The molecule has 0 aliphatic carbocycles. The molecule has 0 bridgehead atoms. The maximum atomic E-state index is 12.0. The summed E-state index contributed by atoms with van der Waals surface area (Å²) in [6, 6.07) is 5.51. The van der Waals surface area contributed by atoms with Crippen molar-refractivity contribution in [3.05, 3.63) is 29.3 Å². The van der Waals surface area contributed by atoms with Crippen molar-refractivity contribution >= 4 is 11.9 Å². The molecule has 1 amide bonds. The summed E-state index contributed by atoms with van der Waals surface area (Å²) in [5.41, 5.74) is 2.07. The standard InChI is InChI=1S/C15H21NO4/c1-10(2)16(8-15(18)19)14(17)9-20-13-6-5-11(3)7-12(13)4/h5-7,10H,8-9H2,1-4H3,(H,18,19). The molecule has 5 nitrogen and oxygen atoms in total. The highest BCUT2D eigenvalue weighted by Gasteiger charge is 2.20. The number of hydrogen-bond acceptors (Lipinski definition) is 3. The zero-order valence-corrected chi connectivity index (χ0v) is 12.3. The number of carbonyl (C=O) groups excluding carboxylic acids is 1. The summed E-state index contributed by atoms with van der Waals surface area (Å²) in [4.78, 5) is 24.0. The van der Waals surface area contributed by atoms with Crippen molar-refractivity contribution in [1.29, 1.82) is 0 Å². The van der Waals surface area contributed by atoms with Crippen LogP contribution >= 0.6 is 0 Å². The van der Waals surface area contributed by atoms with E-state index in [9.17, 15) is 9.59 Å². The van der Waals surface area contributed by atoms with E-state index in [2.05, 4.69) is 0 Å². The van der Waals surface area contributed by atoms with Crippen LogP contribution in [0.5, 0.6) is 5.75 Å². The van der Waals surface area contributed by atoms with E-state index in [4.69, 9.17) is 9.84 Å². The number of ether oxygens (including phenoxy) is 1. The molecule has 0 spiro atoms. The average Bonchev–Trinajstić information content (AvgIpc) is 2.34. The fourth-order valence-electron chi connectivity index (χ4n) is 1.89. The van der Waals surface area contributed by atoms with Gasteiger partial charge in [0.2, 0.25) is 0 Å². The van der Waals surface area contributed by atoms with Gasteiger partial charge in [-0.05, 0) is 39.3 Å². The number of aliphatic carboxylic acids is 1. The number of hydrogen-bond donors (Lipinski definition) is 1. The lowest BCUT2D eigenvalue weighted by molar-refractivity contribution is -0.146. The Hall–Kier alpha value is -2.04. The molecule has 0 unspecified atom stereocenters. The van der Waals surface area contributed by atoms with Crippen LogP contribution in [0.2, 0.25) is 0 Å². The lowest BCUT2D eigenvalue weighted by Crippen LogP contribution is -2.43. The molecule has 0 atom stereocenters. The maximum Gasteiger partial charge on any atom is 0.323 e. The van der Waals surface area contributed by atoms with E-state index in [1.165, 1.54) is 4.90 Å². The van der Waals surface area contributed by atoms with Crippen LogP contribution in [-0.4, -0.2) is 41.1 Å². The van der Waals surface area contributed by atoms with E-state index >= 15 is 0 Å².